The SMILES string of the molecule is O=C(Nc1cn2cc(Oc3cccc(NS(=O)(=O)c4cn(Cl)cn4)c3)ccc2n1)C1CC1. The van der Waals surface area contributed by atoms with Crippen molar-refractivity contribution >= 4 is 44.9 Å². The zero-order valence-corrected chi connectivity index (χ0v) is 18.0. The minimum atomic E-state index is -3.89. The number of aromatic nitrogens is 4. The average molecular weight is 473 g/mol. The summed E-state index contributed by atoms with van der Waals surface area (Å²) in [6.07, 6.45) is 7.64. The van der Waals surface area contributed by atoms with E-state index < -0.39 is 10.0 Å². The van der Waals surface area contributed by atoms with Crippen molar-refractivity contribution < 1.29 is 17.9 Å². The van der Waals surface area contributed by atoms with Gasteiger partial charge in [0.15, 0.2) is 10.8 Å². The van der Waals surface area contributed by atoms with Gasteiger partial charge in [-0.3, -0.25) is 9.52 Å². The summed E-state index contributed by atoms with van der Waals surface area (Å²) in [5, 5.41) is 2.61. The highest BCUT2D eigenvalue weighted by atomic mass is 35.5. The third-order valence-corrected chi connectivity index (χ3v) is 6.20. The van der Waals surface area contributed by atoms with Crippen molar-refractivity contribution in [3.05, 3.63) is 61.3 Å². The Morgan fingerprint density at radius 3 is 2.72 bits per heavy atom. The van der Waals surface area contributed by atoms with E-state index in [4.69, 9.17) is 16.5 Å². The van der Waals surface area contributed by atoms with Gasteiger partial charge < -0.3 is 14.5 Å². The molecule has 3 heterocycles. The lowest BCUT2D eigenvalue weighted by atomic mass is 10.3. The number of imidazole rings is 2. The molecule has 0 radical (unpaired) electrons. The Morgan fingerprint density at radius 2 is 1.97 bits per heavy atom. The molecule has 3 aromatic heterocycles. The molecule has 10 nitrogen and oxygen atoms in total. The van der Waals surface area contributed by atoms with Crippen molar-refractivity contribution in [2.45, 2.75) is 17.9 Å². The first kappa shape index (κ1) is 20.3. The van der Waals surface area contributed by atoms with Gasteiger partial charge in [0.25, 0.3) is 10.0 Å². The van der Waals surface area contributed by atoms with Crippen molar-refractivity contribution in [1.82, 2.24) is 18.5 Å². The molecule has 0 atom stereocenters. The van der Waals surface area contributed by atoms with Gasteiger partial charge in [0.05, 0.1) is 24.3 Å². The molecule has 0 saturated heterocycles. The number of benzene rings is 1. The molecule has 1 aliphatic carbocycles. The number of hydrogen-bond acceptors (Lipinski definition) is 6. The maximum absolute atomic E-state index is 12.4. The second-order valence-electron chi connectivity index (χ2n) is 7.31. The first-order valence-corrected chi connectivity index (χ1v) is 11.5. The summed E-state index contributed by atoms with van der Waals surface area (Å²) in [4.78, 5) is 20.1. The number of carbonyl (C=O) groups is 1. The van der Waals surface area contributed by atoms with Crippen LogP contribution in [0.5, 0.6) is 11.5 Å². The Balaban J connectivity index is 1.32. The summed E-state index contributed by atoms with van der Waals surface area (Å²) < 4.78 is 36.0. The van der Waals surface area contributed by atoms with Crippen LogP contribution >= 0.6 is 11.8 Å². The highest BCUT2D eigenvalue weighted by Crippen LogP contribution is 2.30. The van der Waals surface area contributed by atoms with Crippen molar-refractivity contribution in [3.8, 4) is 11.5 Å². The molecule has 1 aromatic carbocycles. The van der Waals surface area contributed by atoms with Crippen molar-refractivity contribution in [1.29, 1.82) is 0 Å². The molecule has 0 aliphatic heterocycles. The predicted octanol–water partition coefficient (Wildman–Crippen LogP) is 3.47. The first-order chi connectivity index (χ1) is 15.4. The fraction of sp³-hybridized carbons (Fsp3) is 0.150. The second kappa shape index (κ2) is 7.84. The third-order valence-electron chi connectivity index (χ3n) is 4.75. The smallest absolute Gasteiger partial charge is 0.281 e. The second-order valence-corrected chi connectivity index (χ2v) is 9.33. The molecular weight excluding hydrogens is 456 g/mol. The fourth-order valence-corrected chi connectivity index (χ4v) is 4.23. The fourth-order valence-electron chi connectivity index (χ4n) is 3.06. The van der Waals surface area contributed by atoms with Crippen LogP contribution in [-0.4, -0.2) is 32.8 Å². The molecule has 0 spiro atoms. The minimum Gasteiger partial charge on any atom is -0.456 e. The standard InChI is InChI=1S/C20H17ClN6O4S/c21-27-11-19(22-12-27)32(29,30)25-14-2-1-3-15(8-14)31-16-6-7-18-23-17(10-26(18)9-16)24-20(28)13-4-5-13/h1-3,6-13,25H,4-5H2,(H,24,28). The van der Waals surface area contributed by atoms with Crippen LogP contribution in [0.25, 0.3) is 5.65 Å². The number of anilines is 2. The molecule has 1 saturated carbocycles. The van der Waals surface area contributed by atoms with Gasteiger partial charge in [0, 0.05) is 23.8 Å². The molecule has 1 aliphatic rings. The summed E-state index contributed by atoms with van der Waals surface area (Å²) in [6, 6.07) is 10.00. The summed E-state index contributed by atoms with van der Waals surface area (Å²) in [5.41, 5.74) is 0.962. The Hall–Kier alpha value is -3.57. The van der Waals surface area contributed by atoms with Crippen LogP contribution in [0.4, 0.5) is 11.5 Å². The monoisotopic (exact) mass is 472 g/mol. The lowest BCUT2D eigenvalue weighted by Crippen LogP contribution is -2.13. The summed E-state index contributed by atoms with van der Waals surface area (Å²) in [5.74, 6) is 1.50. The topological polar surface area (TPSA) is 120 Å². The molecule has 1 amide bonds. The van der Waals surface area contributed by atoms with Crippen LogP contribution in [0.2, 0.25) is 0 Å². The van der Waals surface area contributed by atoms with Crippen molar-refractivity contribution in [2.75, 3.05) is 10.0 Å². The van der Waals surface area contributed by atoms with Gasteiger partial charge in [-0.15, -0.1) is 0 Å². The number of pyridine rings is 1. The summed E-state index contributed by atoms with van der Waals surface area (Å²) in [7, 11) is -3.89. The third kappa shape index (κ3) is 4.39. The maximum Gasteiger partial charge on any atom is 0.281 e. The van der Waals surface area contributed by atoms with Gasteiger partial charge in [0.1, 0.15) is 23.5 Å². The molecule has 32 heavy (non-hydrogen) atoms. The quantitative estimate of drug-likeness (QED) is 0.425. The highest BCUT2D eigenvalue weighted by molar-refractivity contribution is 7.92. The van der Waals surface area contributed by atoms with E-state index in [1.807, 2.05) is 0 Å². The Bertz CT molecular complexity index is 1430. The van der Waals surface area contributed by atoms with E-state index in [0.717, 1.165) is 16.9 Å². The van der Waals surface area contributed by atoms with Gasteiger partial charge in [-0.05, 0) is 37.1 Å². The number of nitrogens with one attached hydrogen (secondary N) is 2. The zero-order chi connectivity index (χ0) is 22.3. The Morgan fingerprint density at radius 1 is 1.12 bits per heavy atom. The molecular formula is C20H17ClN6O4S. The van der Waals surface area contributed by atoms with E-state index in [-0.39, 0.29) is 16.9 Å². The van der Waals surface area contributed by atoms with Crippen LogP contribution in [0.1, 0.15) is 12.8 Å². The van der Waals surface area contributed by atoms with Gasteiger partial charge in [0.2, 0.25) is 5.91 Å². The number of fused-ring (bicyclic) bond motifs is 1. The van der Waals surface area contributed by atoms with E-state index in [9.17, 15) is 13.2 Å². The molecule has 5 rings (SSSR count). The van der Waals surface area contributed by atoms with Crippen LogP contribution in [0.3, 0.4) is 0 Å². The first-order valence-electron chi connectivity index (χ1n) is 9.66. The molecule has 4 aromatic rings. The lowest BCUT2D eigenvalue weighted by Gasteiger charge is -2.09. The average Bonchev–Trinajstić information content (AvgIpc) is 3.38. The van der Waals surface area contributed by atoms with Crippen LogP contribution < -0.4 is 14.8 Å². The Labute approximate surface area is 188 Å². The van der Waals surface area contributed by atoms with E-state index in [1.165, 1.54) is 12.5 Å². The molecule has 0 unspecified atom stereocenters. The van der Waals surface area contributed by atoms with Crippen LogP contribution in [0, 0.1) is 5.92 Å². The van der Waals surface area contributed by atoms with Gasteiger partial charge in [-0.25, -0.2) is 14.1 Å². The van der Waals surface area contributed by atoms with E-state index in [1.54, 1.807) is 53.2 Å². The summed E-state index contributed by atoms with van der Waals surface area (Å²) in [6.45, 7) is 0. The summed E-state index contributed by atoms with van der Waals surface area (Å²) >= 11 is 5.68. The molecule has 0 bridgehead atoms. The maximum atomic E-state index is 12.4. The lowest BCUT2D eigenvalue weighted by molar-refractivity contribution is -0.117. The van der Waals surface area contributed by atoms with Gasteiger partial charge in [-0.1, -0.05) is 6.07 Å². The number of carbonyl (C=O) groups excluding carboxylic acids is 1. The van der Waals surface area contributed by atoms with Crippen molar-refractivity contribution in [3.63, 3.8) is 0 Å². The van der Waals surface area contributed by atoms with Gasteiger partial charge in [-0.2, -0.15) is 8.42 Å². The number of amides is 1. The molecule has 12 heteroatoms. The normalized spacial score (nSPS) is 13.8. The molecule has 1 fully saturated rings. The largest absolute Gasteiger partial charge is 0.456 e. The van der Waals surface area contributed by atoms with Crippen LogP contribution in [-0.2, 0) is 14.8 Å². The van der Waals surface area contributed by atoms with E-state index in [0.29, 0.717) is 28.7 Å². The Kier molecular flexibility index (Phi) is 4.98. The number of halogens is 1. The predicted molar refractivity (Wildman–Crippen MR) is 117 cm³/mol. The van der Waals surface area contributed by atoms with E-state index >= 15 is 0 Å². The molecule has 2 N–H and O–H groups in total. The van der Waals surface area contributed by atoms with Crippen LogP contribution in [0.15, 0.2) is 66.3 Å². The number of hydrogen-bond donors (Lipinski definition) is 2. The molecule has 164 valence electrons. The van der Waals surface area contributed by atoms with E-state index in [2.05, 4.69) is 20.0 Å². The number of sulfonamides is 1. The number of rotatable bonds is 7. The zero-order valence-electron chi connectivity index (χ0n) is 16.5. The number of ether oxygens (including phenoxy) is 1. The minimum absolute atomic E-state index is 0.0121. The highest BCUT2D eigenvalue weighted by Gasteiger charge is 2.30. The van der Waals surface area contributed by atoms with Gasteiger partial charge >= 0.3 is 0 Å². The van der Waals surface area contributed by atoms with Crippen molar-refractivity contribution in [2.24, 2.45) is 5.92 Å². The number of nitrogens with zero attached hydrogens (tertiary/aromatic N) is 4.